The summed E-state index contributed by atoms with van der Waals surface area (Å²) in [5.74, 6) is -2.01. The number of nitrogens with two attached hydrogens (primary N) is 1. The molecule has 2 N–H and O–H groups in total. The second-order valence-electron chi connectivity index (χ2n) is 2.87. The van der Waals surface area contributed by atoms with Crippen LogP contribution in [0.4, 0.5) is 20.3 Å². The number of nitrogen functional groups attached to an aromatic ring is 1. The molecule has 17 heavy (non-hydrogen) atoms. The summed E-state index contributed by atoms with van der Waals surface area (Å²) in [6.07, 6.45) is -2.51. The lowest BCUT2D eigenvalue weighted by Crippen LogP contribution is -2.12. The van der Waals surface area contributed by atoms with Crippen molar-refractivity contribution in [2.24, 2.45) is 0 Å². The fraction of sp³-hybridized carbons (Fsp3) is 0.250. The first-order valence-electron chi connectivity index (χ1n) is 4.19. The predicted molar refractivity (Wildman–Crippen MR) is 51.6 cm³/mol. The number of anilines is 1. The van der Waals surface area contributed by atoms with E-state index in [4.69, 9.17) is 5.73 Å². The third kappa shape index (κ3) is 2.27. The van der Waals surface area contributed by atoms with Crippen molar-refractivity contribution in [1.82, 2.24) is 4.98 Å². The minimum absolute atomic E-state index is 0.592. The van der Waals surface area contributed by atoms with Crippen LogP contribution in [0.15, 0.2) is 6.20 Å². The van der Waals surface area contributed by atoms with Gasteiger partial charge in [0.1, 0.15) is 11.3 Å². The molecule has 0 saturated carbocycles. The van der Waals surface area contributed by atoms with Crippen LogP contribution in [0.2, 0.25) is 0 Å². The summed E-state index contributed by atoms with van der Waals surface area (Å²) >= 11 is 0. The Labute approximate surface area is 93.3 Å². The molecular formula is C8H7F2N3O4. The van der Waals surface area contributed by atoms with Crippen molar-refractivity contribution >= 4 is 17.5 Å². The van der Waals surface area contributed by atoms with Gasteiger partial charge in [0.15, 0.2) is 6.20 Å². The van der Waals surface area contributed by atoms with E-state index in [0.29, 0.717) is 6.20 Å². The summed E-state index contributed by atoms with van der Waals surface area (Å²) in [6, 6.07) is 0. The number of nitrogens with zero attached hydrogens (tertiary/aromatic N) is 2. The molecule has 7 nitrogen and oxygen atoms in total. The first-order valence-corrected chi connectivity index (χ1v) is 4.19. The Morgan fingerprint density at radius 2 is 2.24 bits per heavy atom. The molecule has 1 aromatic heterocycles. The van der Waals surface area contributed by atoms with Gasteiger partial charge in [-0.05, 0) is 9.91 Å². The van der Waals surface area contributed by atoms with E-state index < -0.39 is 40.0 Å². The molecule has 0 atom stereocenters. The summed E-state index contributed by atoms with van der Waals surface area (Å²) in [4.78, 5) is 23.8. The number of esters is 1. The quantitative estimate of drug-likeness (QED) is 0.489. The van der Waals surface area contributed by atoms with Crippen LogP contribution in [0.3, 0.4) is 0 Å². The van der Waals surface area contributed by atoms with Crippen molar-refractivity contribution in [2.75, 3.05) is 12.8 Å². The lowest BCUT2D eigenvalue weighted by atomic mass is 10.1. The van der Waals surface area contributed by atoms with Crippen LogP contribution in [-0.2, 0) is 4.74 Å². The molecule has 1 rings (SSSR count). The smallest absolute Gasteiger partial charge is 0.387 e. The number of hydrogen-bond acceptors (Lipinski definition) is 6. The van der Waals surface area contributed by atoms with Gasteiger partial charge in [0, 0.05) is 0 Å². The second-order valence-corrected chi connectivity index (χ2v) is 2.87. The van der Waals surface area contributed by atoms with Gasteiger partial charge in [0.05, 0.1) is 12.7 Å². The zero-order valence-corrected chi connectivity index (χ0v) is 8.52. The van der Waals surface area contributed by atoms with E-state index in [9.17, 15) is 23.7 Å². The average molecular weight is 247 g/mol. The van der Waals surface area contributed by atoms with Gasteiger partial charge in [-0.1, -0.05) is 0 Å². The Hall–Kier alpha value is -2.32. The number of rotatable bonds is 3. The lowest BCUT2D eigenvalue weighted by Gasteiger charge is -2.08. The van der Waals surface area contributed by atoms with Gasteiger partial charge >= 0.3 is 11.8 Å². The number of pyridine rings is 1. The Bertz CT molecular complexity index is 478. The van der Waals surface area contributed by atoms with Crippen molar-refractivity contribution in [1.29, 1.82) is 0 Å². The summed E-state index contributed by atoms with van der Waals surface area (Å²) in [6.45, 7) is 0. The monoisotopic (exact) mass is 247 g/mol. The third-order valence-corrected chi connectivity index (χ3v) is 1.93. The van der Waals surface area contributed by atoms with Crippen molar-refractivity contribution in [3.05, 3.63) is 27.4 Å². The van der Waals surface area contributed by atoms with E-state index in [1.807, 2.05) is 0 Å². The molecule has 9 heteroatoms. The molecule has 1 heterocycles. The molecule has 0 aliphatic rings. The highest BCUT2D eigenvalue weighted by atomic mass is 19.3. The number of carbonyl (C=O) groups is 1. The maximum atomic E-state index is 12.7. The minimum Gasteiger partial charge on any atom is -0.465 e. The number of nitro groups is 1. The number of hydrogen-bond donors (Lipinski definition) is 1. The number of ether oxygens (including phenoxy) is 1. The van der Waals surface area contributed by atoms with Gasteiger partial charge in [-0.2, -0.15) is 0 Å². The van der Waals surface area contributed by atoms with Gasteiger partial charge in [0.2, 0.25) is 0 Å². The van der Waals surface area contributed by atoms with Crippen molar-refractivity contribution < 1.29 is 23.2 Å². The molecule has 0 bridgehead atoms. The van der Waals surface area contributed by atoms with Gasteiger partial charge in [-0.25, -0.2) is 13.6 Å². The van der Waals surface area contributed by atoms with Crippen molar-refractivity contribution in [3.63, 3.8) is 0 Å². The molecule has 0 radical (unpaired) electrons. The van der Waals surface area contributed by atoms with E-state index in [2.05, 4.69) is 9.72 Å². The summed E-state index contributed by atoms with van der Waals surface area (Å²) < 4.78 is 29.6. The number of aromatic nitrogens is 1. The predicted octanol–water partition coefficient (Wildman–Crippen LogP) is 1.30. The summed E-state index contributed by atoms with van der Waals surface area (Å²) in [7, 11) is 0.981. The highest BCUT2D eigenvalue weighted by Gasteiger charge is 2.29. The molecule has 0 aromatic carbocycles. The van der Waals surface area contributed by atoms with Gasteiger partial charge in [-0.3, -0.25) is 0 Å². The van der Waals surface area contributed by atoms with Gasteiger partial charge in [0.25, 0.3) is 6.43 Å². The number of carbonyl (C=O) groups excluding carboxylic acids is 1. The molecule has 0 unspecified atom stereocenters. The fourth-order valence-electron chi connectivity index (χ4n) is 1.18. The zero-order valence-electron chi connectivity index (χ0n) is 8.52. The Kier molecular flexibility index (Phi) is 3.51. The number of alkyl halides is 2. The summed E-state index contributed by atoms with van der Waals surface area (Å²) in [5.41, 5.74) is 2.81. The highest BCUT2D eigenvalue weighted by molar-refractivity contribution is 5.93. The van der Waals surface area contributed by atoms with E-state index in [0.717, 1.165) is 7.11 Å². The Balaban J connectivity index is 3.50. The maximum absolute atomic E-state index is 12.7. The first-order chi connectivity index (χ1) is 7.90. The number of halogens is 2. The van der Waals surface area contributed by atoms with E-state index in [1.54, 1.807) is 0 Å². The van der Waals surface area contributed by atoms with E-state index in [-0.39, 0.29) is 0 Å². The SMILES string of the molecule is COC(=O)c1cnc([N+](=O)[O-])c(N)c1C(F)F. The molecule has 0 saturated heterocycles. The number of methoxy groups -OCH3 is 1. The van der Waals surface area contributed by atoms with Crippen LogP contribution in [0.1, 0.15) is 22.3 Å². The van der Waals surface area contributed by atoms with Crippen LogP contribution < -0.4 is 5.73 Å². The lowest BCUT2D eigenvalue weighted by molar-refractivity contribution is -0.388. The molecule has 0 aliphatic heterocycles. The van der Waals surface area contributed by atoms with Crippen LogP contribution in [0.25, 0.3) is 0 Å². The van der Waals surface area contributed by atoms with Crippen LogP contribution in [0.5, 0.6) is 0 Å². The summed E-state index contributed by atoms with van der Waals surface area (Å²) in [5, 5.41) is 10.4. The molecule has 0 amide bonds. The minimum atomic E-state index is -3.15. The molecule has 0 fully saturated rings. The zero-order chi connectivity index (χ0) is 13.2. The van der Waals surface area contributed by atoms with Crippen molar-refractivity contribution in [3.8, 4) is 0 Å². The molecule has 92 valence electrons. The normalized spacial score (nSPS) is 10.4. The first kappa shape index (κ1) is 12.7. The standard InChI is InChI=1S/C8H7F2N3O4/c1-17-8(14)3-2-12-7(13(15)16)5(11)4(3)6(9)10/h2,6H,11H2,1H3. The van der Waals surface area contributed by atoms with Crippen molar-refractivity contribution in [2.45, 2.75) is 6.43 Å². The van der Waals surface area contributed by atoms with E-state index >= 15 is 0 Å². The Morgan fingerprint density at radius 3 is 2.65 bits per heavy atom. The highest BCUT2D eigenvalue weighted by Crippen LogP contribution is 2.33. The fourth-order valence-corrected chi connectivity index (χ4v) is 1.18. The topological polar surface area (TPSA) is 108 Å². The molecule has 0 spiro atoms. The second kappa shape index (κ2) is 4.68. The average Bonchev–Trinajstić information content (AvgIpc) is 2.26. The molecule has 1 aromatic rings. The largest absolute Gasteiger partial charge is 0.465 e. The maximum Gasteiger partial charge on any atom is 0.387 e. The van der Waals surface area contributed by atoms with Crippen LogP contribution in [0, 0.1) is 10.1 Å². The molecule has 0 aliphatic carbocycles. The van der Waals surface area contributed by atoms with Crippen LogP contribution >= 0.6 is 0 Å². The molecular weight excluding hydrogens is 240 g/mol. The van der Waals surface area contributed by atoms with Gasteiger partial charge < -0.3 is 20.6 Å². The third-order valence-electron chi connectivity index (χ3n) is 1.93. The van der Waals surface area contributed by atoms with Gasteiger partial charge in [-0.15, -0.1) is 0 Å². The van der Waals surface area contributed by atoms with Crippen LogP contribution in [-0.4, -0.2) is 23.0 Å². The van der Waals surface area contributed by atoms with E-state index in [1.165, 1.54) is 0 Å². The Morgan fingerprint density at radius 1 is 1.65 bits per heavy atom.